The molecule has 4 heteroatoms. The minimum Gasteiger partial charge on any atom is -0.340 e. The number of halogens is 1. The molecule has 0 aliphatic carbocycles. The fourth-order valence-corrected chi connectivity index (χ4v) is 2.60. The lowest BCUT2D eigenvalue weighted by molar-refractivity contribution is -0.137. The van der Waals surface area contributed by atoms with Gasteiger partial charge in [0.25, 0.3) is 0 Å². The number of hydrogen-bond acceptors (Lipinski definition) is 2. The molecule has 0 aromatic heterocycles. The summed E-state index contributed by atoms with van der Waals surface area (Å²) in [5, 5.41) is 3.32. The van der Waals surface area contributed by atoms with E-state index in [1.165, 1.54) is 12.1 Å². The van der Waals surface area contributed by atoms with Crippen LogP contribution in [-0.4, -0.2) is 29.9 Å². The zero-order valence-corrected chi connectivity index (χ0v) is 11.6. The number of carbonyl (C=O) groups is 1. The van der Waals surface area contributed by atoms with Gasteiger partial charge >= 0.3 is 0 Å². The van der Waals surface area contributed by atoms with Crippen molar-refractivity contribution in [1.29, 1.82) is 0 Å². The van der Waals surface area contributed by atoms with Crippen LogP contribution in [0, 0.1) is 5.82 Å². The molecule has 1 heterocycles. The lowest BCUT2D eigenvalue weighted by Crippen LogP contribution is -2.57. The number of carbonyl (C=O) groups excluding carboxylic acids is 1. The highest BCUT2D eigenvalue weighted by Crippen LogP contribution is 2.21. The summed E-state index contributed by atoms with van der Waals surface area (Å²) < 4.78 is 12.8. The number of piperidine rings is 1. The Labute approximate surface area is 113 Å². The minimum absolute atomic E-state index is 0.108. The predicted octanol–water partition coefficient (Wildman–Crippen LogP) is 2.32. The fraction of sp³-hybridized carbons (Fsp3) is 0.533. The molecule has 19 heavy (non-hydrogen) atoms. The third kappa shape index (κ3) is 3.32. The zero-order valence-electron chi connectivity index (χ0n) is 11.6. The monoisotopic (exact) mass is 264 g/mol. The average molecular weight is 264 g/mol. The second-order valence-corrected chi connectivity index (χ2v) is 5.50. The Kier molecular flexibility index (Phi) is 4.20. The smallest absolute Gasteiger partial charge is 0.242 e. The van der Waals surface area contributed by atoms with Gasteiger partial charge in [0.15, 0.2) is 0 Å². The van der Waals surface area contributed by atoms with Crippen LogP contribution in [0.4, 0.5) is 4.39 Å². The molecule has 2 rings (SSSR count). The molecule has 1 N–H and O–H groups in total. The van der Waals surface area contributed by atoms with E-state index in [4.69, 9.17) is 0 Å². The Balaban J connectivity index is 2.00. The Morgan fingerprint density at radius 1 is 1.37 bits per heavy atom. The van der Waals surface area contributed by atoms with E-state index in [9.17, 15) is 9.18 Å². The van der Waals surface area contributed by atoms with Gasteiger partial charge in [-0.25, -0.2) is 4.39 Å². The molecule has 1 aliphatic rings. The Morgan fingerprint density at radius 2 is 2.05 bits per heavy atom. The molecule has 1 aromatic carbocycles. The van der Waals surface area contributed by atoms with E-state index >= 15 is 0 Å². The maximum atomic E-state index is 12.8. The van der Waals surface area contributed by atoms with Crippen LogP contribution in [0.3, 0.4) is 0 Å². The highest BCUT2D eigenvalue weighted by atomic mass is 19.1. The van der Waals surface area contributed by atoms with Gasteiger partial charge in [-0.2, -0.15) is 0 Å². The maximum absolute atomic E-state index is 12.8. The molecule has 1 saturated heterocycles. The Hall–Kier alpha value is -1.42. The molecule has 1 amide bonds. The summed E-state index contributed by atoms with van der Waals surface area (Å²) in [6.45, 7) is 3.37. The van der Waals surface area contributed by atoms with Gasteiger partial charge in [0.1, 0.15) is 5.82 Å². The third-order valence-electron chi connectivity index (χ3n) is 3.77. The van der Waals surface area contributed by atoms with Crippen LogP contribution < -0.4 is 5.32 Å². The van der Waals surface area contributed by atoms with E-state index in [0.29, 0.717) is 6.54 Å². The number of rotatable bonds is 3. The van der Waals surface area contributed by atoms with Crippen LogP contribution in [0.5, 0.6) is 0 Å². The molecule has 1 aromatic rings. The van der Waals surface area contributed by atoms with Gasteiger partial charge in [-0.05, 0) is 50.4 Å². The van der Waals surface area contributed by atoms with Crippen molar-refractivity contribution < 1.29 is 9.18 Å². The Morgan fingerprint density at radius 3 is 2.63 bits per heavy atom. The van der Waals surface area contributed by atoms with Crippen LogP contribution >= 0.6 is 0 Å². The molecular formula is C15H21FN2O. The molecule has 1 atom stereocenters. The van der Waals surface area contributed by atoms with Gasteiger partial charge in [0.05, 0.1) is 5.54 Å². The molecule has 1 unspecified atom stereocenters. The quantitative estimate of drug-likeness (QED) is 0.908. The second-order valence-electron chi connectivity index (χ2n) is 5.50. The summed E-state index contributed by atoms with van der Waals surface area (Å²) in [7, 11) is 1.80. The van der Waals surface area contributed by atoms with E-state index in [0.717, 1.165) is 31.4 Å². The largest absolute Gasteiger partial charge is 0.340 e. The first-order chi connectivity index (χ1) is 9.01. The number of amides is 1. The van der Waals surface area contributed by atoms with Crippen LogP contribution in [0.15, 0.2) is 24.3 Å². The fourth-order valence-electron chi connectivity index (χ4n) is 2.60. The van der Waals surface area contributed by atoms with Crippen LogP contribution in [0.25, 0.3) is 0 Å². The van der Waals surface area contributed by atoms with Crippen molar-refractivity contribution in [3.8, 4) is 0 Å². The molecule has 0 spiro atoms. The molecule has 1 aliphatic heterocycles. The third-order valence-corrected chi connectivity index (χ3v) is 3.77. The molecule has 3 nitrogen and oxygen atoms in total. The second kappa shape index (κ2) is 5.70. The average Bonchev–Trinajstić information content (AvgIpc) is 2.41. The normalized spacial score (nSPS) is 23.1. The van der Waals surface area contributed by atoms with Crippen molar-refractivity contribution in [3.05, 3.63) is 35.6 Å². The van der Waals surface area contributed by atoms with Crippen molar-refractivity contribution in [2.45, 2.75) is 38.3 Å². The van der Waals surface area contributed by atoms with Gasteiger partial charge in [-0.15, -0.1) is 0 Å². The molecule has 1 fully saturated rings. The van der Waals surface area contributed by atoms with E-state index in [1.807, 2.05) is 6.92 Å². The molecule has 104 valence electrons. The number of nitrogens with one attached hydrogen (secondary N) is 1. The standard InChI is InChI=1S/C15H21FN2O/c1-15(9-3-4-10-17-15)14(19)18(2)11-12-5-7-13(16)8-6-12/h5-8,17H,3-4,9-11H2,1-2H3. The van der Waals surface area contributed by atoms with E-state index in [1.54, 1.807) is 24.1 Å². The van der Waals surface area contributed by atoms with Crippen molar-refractivity contribution in [2.75, 3.05) is 13.6 Å². The van der Waals surface area contributed by atoms with Gasteiger partial charge in [0.2, 0.25) is 5.91 Å². The summed E-state index contributed by atoms with van der Waals surface area (Å²) in [6.07, 6.45) is 3.09. The topological polar surface area (TPSA) is 32.3 Å². The summed E-state index contributed by atoms with van der Waals surface area (Å²) in [5.41, 5.74) is 0.490. The van der Waals surface area contributed by atoms with Gasteiger partial charge in [-0.1, -0.05) is 12.1 Å². The van der Waals surface area contributed by atoms with Crippen molar-refractivity contribution in [1.82, 2.24) is 10.2 Å². The van der Waals surface area contributed by atoms with Crippen molar-refractivity contribution in [3.63, 3.8) is 0 Å². The highest BCUT2D eigenvalue weighted by Gasteiger charge is 2.36. The summed E-state index contributed by atoms with van der Waals surface area (Å²) >= 11 is 0. The van der Waals surface area contributed by atoms with Crippen molar-refractivity contribution in [2.24, 2.45) is 0 Å². The number of nitrogens with zero attached hydrogens (tertiary/aromatic N) is 1. The summed E-state index contributed by atoms with van der Waals surface area (Å²) in [5.74, 6) is -0.143. The van der Waals surface area contributed by atoms with Crippen LogP contribution in [-0.2, 0) is 11.3 Å². The lowest BCUT2D eigenvalue weighted by atomic mass is 9.89. The van der Waals surface area contributed by atoms with E-state index in [2.05, 4.69) is 5.32 Å². The summed E-state index contributed by atoms with van der Waals surface area (Å²) in [4.78, 5) is 14.2. The van der Waals surface area contributed by atoms with Gasteiger partial charge in [0, 0.05) is 13.6 Å². The first-order valence-corrected chi connectivity index (χ1v) is 6.76. The molecule has 0 saturated carbocycles. The number of hydrogen-bond donors (Lipinski definition) is 1. The Bertz CT molecular complexity index is 438. The molecule has 0 bridgehead atoms. The van der Waals surface area contributed by atoms with Crippen LogP contribution in [0.1, 0.15) is 31.7 Å². The van der Waals surface area contributed by atoms with Gasteiger partial charge < -0.3 is 10.2 Å². The number of likely N-dealkylation sites (N-methyl/N-ethyl adjacent to an activating group) is 1. The first kappa shape index (κ1) is 14.0. The van der Waals surface area contributed by atoms with Crippen LogP contribution in [0.2, 0.25) is 0 Å². The molecular weight excluding hydrogens is 243 g/mol. The minimum atomic E-state index is -0.451. The van der Waals surface area contributed by atoms with Crippen molar-refractivity contribution >= 4 is 5.91 Å². The maximum Gasteiger partial charge on any atom is 0.242 e. The van der Waals surface area contributed by atoms with E-state index < -0.39 is 5.54 Å². The zero-order chi connectivity index (χ0) is 13.9. The summed E-state index contributed by atoms with van der Waals surface area (Å²) in [6, 6.07) is 6.29. The molecule has 0 radical (unpaired) electrons. The predicted molar refractivity (Wildman–Crippen MR) is 73.1 cm³/mol. The van der Waals surface area contributed by atoms with E-state index in [-0.39, 0.29) is 11.7 Å². The first-order valence-electron chi connectivity index (χ1n) is 6.76. The van der Waals surface area contributed by atoms with Gasteiger partial charge in [-0.3, -0.25) is 4.79 Å². The lowest BCUT2D eigenvalue weighted by Gasteiger charge is -2.36. The SMILES string of the molecule is CN(Cc1ccc(F)cc1)C(=O)C1(C)CCCCN1. The number of benzene rings is 1. The highest BCUT2D eigenvalue weighted by molar-refractivity contribution is 5.85.